The van der Waals surface area contributed by atoms with Crippen molar-refractivity contribution in [3.05, 3.63) is 15.6 Å². The van der Waals surface area contributed by atoms with Crippen molar-refractivity contribution in [2.45, 2.75) is 72.8 Å². The minimum atomic E-state index is 0.479. The van der Waals surface area contributed by atoms with E-state index in [0.717, 1.165) is 18.9 Å². The third-order valence-corrected chi connectivity index (χ3v) is 6.04. The van der Waals surface area contributed by atoms with E-state index in [-0.39, 0.29) is 0 Å². The van der Waals surface area contributed by atoms with Gasteiger partial charge in [-0.2, -0.15) is 0 Å². The molecule has 3 heteroatoms. The van der Waals surface area contributed by atoms with Crippen LogP contribution in [0.2, 0.25) is 0 Å². The number of nitrogens with zero attached hydrogens (tertiary/aromatic N) is 1. The molecule has 20 heavy (non-hydrogen) atoms. The van der Waals surface area contributed by atoms with Gasteiger partial charge in [0.15, 0.2) is 0 Å². The van der Waals surface area contributed by atoms with Crippen LogP contribution in [0, 0.1) is 25.2 Å². The summed E-state index contributed by atoms with van der Waals surface area (Å²) in [5, 5.41) is 5.13. The van der Waals surface area contributed by atoms with Crippen molar-refractivity contribution < 1.29 is 0 Å². The first-order chi connectivity index (χ1) is 9.44. The second-order valence-corrected chi connectivity index (χ2v) is 8.29. The van der Waals surface area contributed by atoms with Gasteiger partial charge in [-0.3, -0.25) is 0 Å². The number of hydrogen-bond acceptors (Lipinski definition) is 3. The molecule has 1 aliphatic carbocycles. The SMILES string of the molecule is CCCNC(Cc1nc(C)c(C)s1)C1CCCC1(C)C. The Balaban J connectivity index is 2.10. The summed E-state index contributed by atoms with van der Waals surface area (Å²) in [7, 11) is 0. The van der Waals surface area contributed by atoms with E-state index in [1.54, 1.807) is 0 Å². The van der Waals surface area contributed by atoms with Crippen molar-refractivity contribution in [1.29, 1.82) is 0 Å². The Bertz CT molecular complexity index is 417. The quantitative estimate of drug-likeness (QED) is 0.835. The minimum absolute atomic E-state index is 0.479. The van der Waals surface area contributed by atoms with Crippen LogP contribution in [-0.2, 0) is 6.42 Å². The summed E-state index contributed by atoms with van der Waals surface area (Å²) in [4.78, 5) is 6.13. The number of nitrogens with one attached hydrogen (secondary N) is 1. The summed E-state index contributed by atoms with van der Waals surface area (Å²) in [6.07, 6.45) is 6.44. The van der Waals surface area contributed by atoms with Gasteiger partial charge in [-0.15, -0.1) is 11.3 Å². The van der Waals surface area contributed by atoms with Gasteiger partial charge in [-0.1, -0.05) is 27.2 Å². The summed E-state index contributed by atoms with van der Waals surface area (Å²) in [5.74, 6) is 0.790. The first-order valence-corrected chi connectivity index (χ1v) is 8.92. The Kier molecular flexibility index (Phi) is 5.25. The van der Waals surface area contributed by atoms with E-state index in [1.165, 1.54) is 41.3 Å². The minimum Gasteiger partial charge on any atom is -0.313 e. The molecule has 2 unspecified atom stereocenters. The predicted octanol–water partition coefficient (Wildman–Crippen LogP) is 4.50. The largest absolute Gasteiger partial charge is 0.313 e. The van der Waals surface area contributed by atoms with E-state index >= 15 is 0 Å². The monoisotopic (exact) mass is 294 g/mol. The van der Waals surface area contributed by atoms with Crippen molar-refractivity contribution in [2.75, 3.05) is 6.54 Å². The normalized spacial score (nSPS) is 23.1. The molecule has 0 amide bonds. The number of thiazole rings is 1. The van der Waals surface area contributed by atoms with Gasteiger partial charge in [0.25, 0.3) is 0 Å². The Morgan fingerprint density at radius 2 is 2.15 bits per heavy atom. The van der Waals surface area contributed by atoms with E-state index in [2.05, 4.69) is 39.9 Å². The number of rotatable bonds is 6. The highest BCUT2D eigenvalue weighted by molar-refractivity contribution is 7.11. The van der Waals surface area contributed by atoms with Gasteiger partial charge in [0.1, 0.15) is 0 Å². The lowest BCUT2D eigenvalue weighted by molar-refractivity contribution is 0.195. The molecule has 1 aromatic rings. The van der Waals surface area contributed by atoms with Crippen LogP contribution in [0.25, 0.3) is 0 Å². The average Bonchev–Trinajstić information content (AvgIpc) is 2.88. The summed E-state index contributed by atoms with van der Waals surface area (Å²) in [5.41, 5.74) is 1.69. The van der Waals surface area contributed by atoms with E-state index in [0.29, 0.717) is 11.5 Å². The van der Waals surface area contributed by atoms with E-state index in [9.17, 15) is 0 Å². The maximum absolute atomic E-state index is 4.76. The molecule has 1 aliphatic rings. The second kappa shape index (κ2) is 6.57. The van der Waals surface area contributed by atoms with Gasteiger partial charge in [-0.05, 0) is 51.0 Å². The Morgan fingerprint density at radius 1 is 1.40 bits per heavy atom. The molecule has 1 heterocycles. The maximum atomic E-state index is 4.76. The third-order valence-electron chi connectivity index (χ3n) is 4.95. The van der Waals surface area contributed by atoms with Crippen LogP contribution >= 0.6 is 11.3 Å². The molecule has 1 aromatic heterocycles. The highest BCUT2D eigenvalue weighted by Gasteiger charge is 2.39. The fraction of sp³-hybridized carbons (Fsp3) is 0.824. The van der Waals surface area contributed by atoms with Crippen molar-refractivity contribution >= 4 is 11.3 Å². The fourth-order valence-corrected chi connectivity index (χ4v) is 4.59. The molecule has 2 nitrogen and oxygen atoms in total. The summed E-state index contributed by atoms with van der Waals surface area (Å²) in [6.45, 7) is 12.6. The summed E-state index contributed by atoms with van der Waals surface area (Å²) >= 11 is 1.88. The van der Waals surface area contributed by atoms with Gasteiger partial charge in [0.2, 0.25) is 0 Å². The molecule has 2 atom stereocenters. The molecule has 0 bridgehead atoms. The first kappa shape index (κ1) is 16.0. The molecule has 114 valence electrons. The molecule has 0 saturated heterocycles. The Hall–Kier alpha value is -0.410. The zero-order valence-corrected chi connectivity index (χ0v) is 14.6. The molecule has 0 radical (unpaired) electrons. The van der Waals surface area contributed by atoms with Crippen LogP contribution in [0.5, 0.6) is 0 Å². The lowest BCUT2D eigenvalue weighted by Crippen LogP contribution is -2.42. The fourth-order valence-electron chi connectivity index (χ4n) is 3.60. The van der Waals surface area contributed by atoms with Crippen molar-refractivity contribution in [2.24, 2.45) is 11.3 Å². The van der Waals surface area contributed by atoms with Gasteiger partial charge < -0.3 is 5.32 Å². The maximum Gasteiger partial charge on any atom is 0.0946 e. The van der Waals surface area contributed by atoms with E-state index in [4.69, 9.17) is 4.98 Å². The third kappa shape index (κ3) is 3.62. The zero-order chi connectivity index (χ0) is 14.8. The molecular formula is C17H30N2S. The summed E-state index contributed by atoms with van der Waals surface area (Å²) < 4.78 is 0. The summed E-state index contributed by atoms with van der Waals surface area (Å²) in [6, 6.07) is 0.595. The van der Waals surface area contributed by atoms with Crippen LogP contribution < -0.4 is 5.32 Å². The van der Waals surface area contributed by atoms with Crippen LogP contribution in [-0.4, -0.2) is 17.6 Å². The lowest BCUT2D eigenvalue weighted by atomic mass is 9.76. The first-order valence-electron chi connectivity index (χ1n) is 8.10. The molecule has 1 N–H and O–H groups in total. The van der Waals surface area contributed by atoms with Crippen LogP contribution in [0.3, 0.4) is 0 Å². The molecule has 2 rings (SSSR count). The van der Waals surface area contributed by atoms with Gasteiger partial charge >= 0.3 is 0 Å². The number of hydrogen-bond donors (Lipinski definition) is 1. The standard InChI is InChI=1S/C17H30N2S/c1-6-10-18-15(14-8-7-9-17(14,4)5)11-16-19-12(2)13(3)20-16/h14-15,18H,6-11H2,1-5H3. The van der Waals surface area contributed by atoms with Crippen molar-refractivity contribution in [3.63, 3.8) is 0 Å². The number of aryl methyl sites for hydroxylation is 2. The van der Waals surface area contributed by atoms with Gasteiger partial charge in [0, 0.05) is 17.3 Å². The van der Waals surface area contributed by atoms with Crippen LogP contribution in [0.4, 0.5) is 0 Å². The zero-order valence-electron chi connectivity index (χ0n) is 13.8. The van der Waals surface area contributed by atoms with Crippen LogP contribution in [0.1, 0.15) is 62.0 Å². The molecule has 0 spiro atoms. The second-order valence-electron chi connectivity index (χ2n) is 7.00. The highest BCUT2D eigenvalue weighted by Crippen LogP contribution is 2.45. The Labute approximate surface area is 128 Å². The molecule has 0 aliphatic heterocycles. The van der Waals surface area contributed by atoms with Gasteiger partial charge in [-0.25, -0.2) is 4.98 Å². The predicted molar refractivity (Wildman–Crippen MR) is 88.5 cm³/mol. The topological polar surface area (TPSA) is 24.9 Å². The van der Waals surface area contributed by atoms with E-state index in [1.807, 2.05) is 11.3 Å². The van der Waals surface area contributed by atoms with Crippen LogP contribution in [0.15, 0.2) is 0 Å². The highest BCUT2D eigenvalue weighted by atomic mass is 32.1. The van der Waals surface area contributed by atoms with Gasteiger partial charge in [0.05, 0.1) is 10.7 Å². The lowest BCUT2D eigenvalue weighted by Gasteiger charge is -2.34. The van der Waals surface area contributed by atoms with E-state index < -0.39 is 0 Å². The smallest absolute Gasteiger partial charge is 0.0946 e. The molecular weight excluding hydrogens is 264 g/mol. The molecule has 0 aromatic carbocycles. The van der Waals surface area contributed by atoms with Crippen molar-refractivity contribution in [1.82, 2.24) is 10.3 Å². The average molecular weight is 295 g/mol. The van der Waals surface area contributed by atoms with Crippen molar-refractivity contribution in [3.8, 4) is 0 Å². The Morgan fingerprint density at radius 3 is 2.65 bits per heavy atom. The molecule has 1 fully saturated rings. The molecule has 1 saturated carbocycles. The number of aromatic nitrogens is 1.